The van der Waals surface area contributed by atoms with Gasteiger partial charge in [0, 0.05) is 211 Å². The molecule has 10 N–H and O–H groups in total. The molecule has 0 bridgehead atoms. The third kappa shape index (κ3) is 54.7. The second-order valence-electron chi connectivity index (χ2n) is 36.2. The zero-order chi connectivity index (χ0) is 104. The van der Waals surface area contributed by atoms with Gasteiger partial charge in [-0.2, -0.15) is 52.7 Å². The summed E-state index contributed by atoms with van der Waals surface area (Å²) in [5.74, 6) is -4.90. The number of carboxylic acid groups (broad SMARTS) is 1. The molecule has 2 atom stereocenters. The fourth-order valence-electron chi connectivity index (χ4n) is 14.5. The van der Waals surface area contributed by atoms with Crippen LogP contribution >= 0.6 is 24.8 Å². The molecule has 4 aromatic carbocycles. The van der Waals surface area contributed by atoms with Crippen LogP contribution in [-0.4, -0.2) is 301 Å². The molecule has 0 saturated carbocycles. The van der Waals surface area contributed by atoms with Gasteiger partial charge in [0.2, 0.25) is 17.7 Å². The number of nitrogens with one attached hydrogen (secondary N) is 3. The van der Waals surface area contributed by atoms with E-state index in [1.54, 1.807) is 21.6 Å². The third-order valence-electron chi connectivity index (χ3n) is 22.8. The summed E-state index contributed by atoms with van der Waals surface area (Å²) in [6.07, 6.45) is -5.79. The number of carboxylic acids is 1. The van der Waals surface area contributed by atoms with Gasteiger partial charge in [0.25, 0.3) is 5.78 Å². The quantitative estimate of drug-likeness (QED) is 0.0255. The van der Waals surface area contributed by atoms with Gasteiger partial charge in [0.15, 0.2) is 0 Å². The standard InChI is InChI=1S/C21H28F3N3O3.C16H28N2O4.C11H20N2O2.C10H20N2O2.C9H10F3N.C9H8F3N.C8H6F3NO.C6H10O3.C4H8O2.C4H8O.2CH4.2ClH/c1-15(21(22,23)24)16-3-5-18(6-4-16)25-20(29)27-10-2-9-26(11-12-27)19(28)17-7-13-30-14-8-17;1-16(2,3)22-15(20)18-8-4-7-17(9-10-18)14(19)13-5-11-21-12-6-13;14-11(10-2-8-15-9-3-10)13-6-1-4-12-5-7-13;1-10(2,3)14-9(13)12-7-4-5-11-6-8-12;2*1-6(9(10,11)12)7-2-4-8(13)5-3-7;9-8(10,11)7(13)5-1-3-6(12)4-2-5;7-6(8)5-1-3-9-4-2-5;1-3-6-4(2)5;1-2-4-5-3-1;;;;/h3-6,15,17H,2,7-14H2,1H3,(H,25,29);13H,4-12H2,1-3H3;10,12H,1-9H2;11H,4-8H2,1-3H3;2-6H,13H2,1H3;2-5H,1,13H2;1-4H,12H2;5H,1-4H2,(H,7,8);3H2,1-2H3;1-4H2;2*1H4;2*1H. The summed E-state index contributed by atoms with van der Waals surface area (Å²) in [4.78, 5) is 115. The number of carbonyl (C=O) groups excluding carboxylic acids is 8. The molecule has 9 aliphatic rings. The predicted molar refractivity (Wildman–Crippen MR) is 536 cm³/mol. The Kier molecular flexibility index (Phi) is 64.1. The van der Waals surface area contributed by atoms with Crippen molar-refractivity contribution in [2.75, 3.05) is 200 Å². The van der Waals surface area contributed by atoms with Crippen LogP contribution in [0.3, 0.4) is 0 Å². The second kappa shape index (κ2) is 68.7. The molecular weight excluding hydrogens is 1960 g/mol. The maximum Gasteiger partial charge on any atom is 0.454 e. The summed E-state index contributed by atoms with van der Waals surface area (Å²) < 4.78 is 188. The van der Waals surface area contributed by atoms with Crippen LogP contribution in [0.2, 0.25) is 0 Å². The van der Waals surface area contributed by atoms with E-state index in [1.165, 1.54) is 105 Å². The number of nitrogen functional groups attached to an aromatic ring is 3. The van der Waals surface area contributed by atoms with Crippen molar-refractivity contribution >= 4 is 107 Å². The number of carbonyl (C=O) groups is 9. The van der Waals surface area contributed by atoms with E-state index in [-0.39, 0.29) is 116 Å². The van der Waals surface area contributed by atoms with Crippen molar-refractivity contribution in [3.05, 3.63) is 126 Å². The van der Waals surface area contributed by atoms with Crippen LogP contribution < -0.4 is 33.2 Å². The van der Waals surface area contributed by atoms with Crippen molar-refractivity contribution in [1.82, 2.24) is 40.0 Å². The van der Waals surface area contributed by atoms with Crippen LogP contribution in [0, 0.1) is 23.7 Å². The number of hydrogen-bond donors (Lipinski definition) is 7. The first kappa shape index (κ1) is 134. The molecule has 9 aliphatic heterocycles. The van der Waals surface area contributed by atoms with E-state index >= 15 is 0 Å². The topological polar surface area (TPSA) is 381 Å². The lowest BCUT2D eigenvalue weighted by molar-refractivity contribution is -0.147. The second-order valence-corrected chi connectivity index (χ2v) is 36.2. The average molecular weight is 2110 g/mol. The summed E-state index contributed by atoms with van der Waals surface area (Å²) in [7, 11) is 0. The van der Waals surface area contributed by atoms with Crippen molar-refractivity contribution in [2.24, 2.45) is 23.7 Å². The van der Waals surface area contributed by atoms with E-state index < -0.39 is 70.6 Å². The fourth-order valence-corrected chi connectivity index (χ4v) is 14.5. The number of benzene rings is 4. The number of allylic oxidation sites excluding steroid dienone is 1. The molecule has 0 radical (unpaired) electrons. The molecule has 4 aromatic rings. The van der Waals surface area contributed by atoms with Gasteiger partial charge in [-0.1, -0.05) is 57.8 Å². The fraction of sp³-hybridized carbons (Fsp3) is 0.650. The normalized spacial score (nSPS) is 17.7. The third-order valence-corrected chi connectivity index (χ3v) is 22.8. The molecule has 144 heavy (non-hydrogen) atoms. The van der Waals surface area contributed by atoms with Crippen molar-refractivity contribution in [3.63, 3.8) is 0 Å². The molecule has 0 aromatic heterocycles. The SMILES string of the molecule is C.C.C1CCOC1.C=C(c1ccc(N)cc1)C(F)(F)F.CC(C)(C)OC(=O)N1CCCN(C(=O)C2CCOCC2)CC1.CC(C)(C)OC(=O)N1CCCNCC1.CC(c1ccc(N)cc1)C(F)(F)F.CC(c1ccc(NC(=O)N2CCCN(C(=O)C3CCOCC3)CC2)cc1)C(F)(F)F.CCOC(C)=O.Cl.Cl.Nc1ccc(C(=O)C(F)(F)F)cc1.O=C(C1CCOCC1)N1CCCNCC1.O=C(O)C1CCOCC1. The maximum absolute atomic E-state index is 12.8. The molecule has 822 valence electrons. The predicted octanol–water partition coefficient (Wildman–Crippen LogP) is 19.0. The van der Waals surface area contributed by atoms with Gasteiger partial charge in [-0.3, -0.25) is 28.8 Å². The van der Waals surface area contributed by atoms with Crippen molar-refractivity contribution in [3.8, 4) is 0 Å². The number of nitrogens with zero attached hydrogens (tertiary/aromatic N) is 6. The van der Waals surface area contributed by atoms with E-state index in [1.807, 2.05) is 56.2 Å². The molecule has 0 spiro atoms. The van der Waals surface area contributed by atoms with Gasteiger partial charge in [-0.15, -0.1) is 24.8 Å². The van der Waals surface area contributed by atoms with E-state index in [0.29, 0.717) is 140 Å². The average Bonchev–Trinajstić information content (AvgIpc) is 1.10. The number of Topliss-reactive ketones (excluding diaryl/α,β-unsaturated/α-hetero) is 1. The number of urea groups is 1. The molecule has 0 aliphatic carbocycles. The highest BCUT2D eigenvalue weighted by Gasteiger charge is 2.41. The minimum Gasteiger partial charge on any atom is -0.481 e. The molecular formula is C100H156Cl2F12N12O18. The van der Waals surface area contributed by atoms with Gasteiger partial charge in [0.05, 0.1) is 29.9 Å². The van der Waals surface area contributed by atoms with Gasteiger partial charge in [-0.25, -0.2) is 14.4 Å². The number of ketones is 1. The lowest BCUT2D eigenvalue weighted by Crippen LogP contribution is -2.42. The number of rotatable bonds is 10. The van der Waals surface area contributed by atoms with Crippen molar-refractivity contribution in [2.45, 2.75) is 222 Å². The van der Waals surface area contributed by atoms with Gasteiger partial charge >= 0.3 is 54.9 Å². The monoisotopic (exact) mass is 2110 g/mol. The Balaban J connectivity index is 0.00000163. The van der Waals surface area contributed by atoms with Crippen molar-refractivity contribution < 1.29 is 139 Å². The first-order valence-electron chi connectivity index (χ1n) is 47.5. The van der Waals surface area contributed by atoms with Crippen LogP contribution in [0.1, 0.15) is 213 Å². The van der Waals surface area contributed by atoms with Crippen molar-refractivity contribution in [1.29, 1.82) is 0 Å². The maximum atomic E-state index is 12.8. The molecule has 7 amide bonds. The number of alkyl halides is 12. The van der Waals surface area contributed by atoms with E-state index in [2.05, 4.69) is 27.3 Å². The Hall–Kier alpha value is -9.69. The van der Waals surface area contributed by atoms with Crippen LogP contribution in [0.5, 0.6) is 0 Å². The lowest BCUT2D eigenvalue weighted by Gasteiger charge is -2.29. The smallest absolute Gasteiger partial charge is 0.454 e. The van der Waals surface area contributed by atoms with Crippen LogP contribution in [0.25, 0.3) is 5.57 Å². The molecule has 9 saturated heterocycles. The van der Waals surface area contributed by atoms with Gasteiger partial charge < -0.3 is 106 Å². The summed E-state index contributed by atoms with van der Waals surface area (Å²) >= 11 is 0. The zero-order valence-corrected chi connectivity index (χ0v) is 84.7. The Bertz CT molecular complexity index is 4240. The summed E-state index contributed by atoms with van der Waals surface area (Å²) in [5.41, 5.74) is 15.9. The molecule has 44 heteroatoms. The number of anilines is 4. The number of aliphatic carboxylic acids is 1. The number of nitrogens with two attached hydrogens (primary N) is 3. The Labute approximate surface area is 852 Å². The summed E-state index contributed by atoms with van der Waals surface area (Å²) in [5, 5.41) is 17.8. The van der Waals surface area contributed by atoms with E-state index in [4.69, 9.17) is 55.5 Å². The number of hydrogen-bond acceptors (Lipinski definition) is 22. The lowest BCUT2D eigenvalue weighted by atomic mass is 9.98. The van der Waals surface area contributed by atoms with Crippen LogP contribution in [0.4, 0.5) is 89.8 Å². The first-order valence-corrected chi connectivity index (χ1v) is 47.5. The summed E-state index contributed by atoms with van der Waals surface area (Å²) in [6.45, 7) is 39.1. The summed E-state index contributed by atoms with van der Waals surface area (Å²) in [6, 6.07) is 21.1. The largest absolute Gasteiger partial charge is 0.481 e. The van der Waals surface area contributed by atoms with Gasteiger partial charge in [-0.05, 0) is 243 Å². The highest BCUT2D eigenvalue weighted by molar-refractivity contribution is 6.00. The van der Waals surface area contributed by atoms with E-state index in [9.17, 15) is 95.8 Å². The highest BCUT2D eigenvalue weighted by atomic mass is 35.5. The zero-order valence-electron chi connectivity index (χ0n) is 83.1. The minimum atomic E-state index is -4.82. The number of amides is 7. The number of halogens is 14. The van der Waals surface area contributed by atoms with Crippen LogP contribution in [-0.2, 0) is 61.9 Å². The molecule has 9 fully saturated rings. The molecule has 9 heterocycles. The van der Waals surface area contributed by atoms with E-state index in [0.717, 1.165) is 169 Å². The number of ether oxygens (including phenoxy) is 8. The van der Waals surface area contributed by atoms with Gasteiger partial charge in [0.1, 0.15) is 11.2 Å². The number of esters is 1. The first-order chi connectivity index (χ1) is 65.8. The molecule has 30 nitrogen and oxygen atoms in total. The highest BCUT2D eigenvalue weighted by Crippen LogP contribution is 2.37. The molecule has 13 rings (SSSR count). The Morgan fingerprint density at radius 3 is 1.03 bits per heavy atom. The molecule has 2 unspecified atom stereocenters. The Morgan fingerprint density at radius 1 is 0.410 bits per heavy atom. The minimum absolute atomic E-state index is 0. The van der Waals surface area contributed by atoms with Crippen LogP contribution in [0.15, 0.2) is 104 Å². The Morgan fingerprint density at radius 2 is 0.708 bits per heavy atom.